The van der Waals surface area contributed by atoms with Crippen molar-refractivity contribution in [1.82, 2.24) is 20.1 Å². The van der Waals surface area contributed by atoms with E-state index < -0.39 is 5.97 Å². The van der Waals surface area contributed by atoms with Gasteiger partial charge in [-0.05, 0) is 38.9 Å². The Hall–Kier alpha value is -2.41. The molecule has 0 spiro atoms. The summed E-state index contributed by atoms with van der Waals surface area (Å²) in [5, 5.41) is 11.2. The van der Waals surface area contributed by atoms with Crippen molar-refractivity contribution in [2.75, 3.05) is 25.5 Å². The number of esters is 1. The molecule has 2 N–H and O–H groups in total. The van der Waals surface area contributed by atoms with Crippen molar-refractivity contribution in [3.05, 3.63) is 35.9 Å². The van der Waals surface area contributed by atoms with Gasteiger partial charge in [0.15, 0.2) is 0 Å². The minimum Gasteiger partial charge on any atom is -0.465 e. The zero-order valence-corrected chi connectivity index (χ0v) is 13.4. The van der Waals surface area contributed by atoms with E-state index in [-0.39, 0.29) is 0 Å². The molecule has 0 unspecified atom stereocenters. The molecule has 0 radical (unpaired) electrons. The average molecular weight is 315 g/mol. The number of rotatable bonds is 4. The van der Waals surface area contributed by atoms with Crippen LogP contribution in [0.25, 0.3) is 0 Å². The Bertz CT molecular complexity index is 692. The smallest absolute Gasteiger partial charge is 0.340 e. The molecule has 1 aliphatic rings. The van der Waals surface area contributed by atoms with Crippen LogP contribution in [0.15, 0.2) is 24.7 Å². The van der Waals surface area contributed by atoms with Gasteiger partial charge in [0.1, 0.15) is 0 Å². The van der Waals surface area contributed by atoms with Gasteiger partial charge in [-0.3, -0.25) is 9.67 Å². The second-order valence-corrected chi connectivity index (χ2v) is 5.63. The van der Waals surface area contributed by atoms with Crippen LogP contribution in [0.3, 0.4) is 0 Å². The van der Waals surface area contributed by atoms with E-state index in [1.165, 1.54) is 7.11 Å². The van der Waals surface area contributed by atoms with Crippen LogP contribution in [0.2, 0.25) is 0 Å². The molecule has 7 heteroatoms. The van der Waals surface area contributed by atoms with E-state index in [4.69, 9.17) is 4.74 Å². The van der Waals surface area contributed by atoms with E-state index in [2.05, 4.69) is 20.7 Å². The third-order valence-corrected chi connectivity index (χ3v) is 4.10. The molecule has 0 aliphatic carbocycles. The first-order valence-electron chi connectivity index (χ1n) is 7.75. The van der Waals surface area contributed by atoms with Gasteiger partial charge < -0.3 is 15.4 Å². The van der Waals surface area contributed by atoms with E-state index in [0.717, 1.165) is 37.3 Å². The Morgan fingerprint density at radius 3 is 2.91 bits per heavy atom. The van der Waals surface area contributed by atoms with Crippen molar-refractivity contribution in [1.29, 1.82) is 0 Å². The quantitative estimate of drug-likeness (QED) is 0.840. The van der Waals surface area contributed by atoms with Gasteiger partial charge in [-0.15, -0.1) is 0 Å². The second-order valence-electron chi connectivity index (χ2n) is 5.63. The average Bonchev–Trinajstić information content (AvgIpc) is 2.96. The number of aromatic nitrogens is 3. The van der Waals surface area contributed by atoms with Crippen molar-refractivity contribution >= 4 is 17.3 Å². The molecule has 0 bridgehead atoms. The summed E-state index contributed by atoms with van der Waals surface area (Å²) in [6.07, 6.45) is 7.33. The summed E-state index contributed by atoms with van der Waals surface area (Å²) in [5.74, 6) is -0.390. The van der Waals surface area contributed by atoms with E-state index in [0.29, 0.717) is 17.3 Å². The van der Waals surface area contributed by atoms with E-state index in [1.54, 1.807) is 18.5 Å². The van der Waals surface area contributed by atoms with Crippen LogP contribution in [0.5, 0.6) is 0 Å². The second kappa shape index (κ2) is 6.78. The van der Waals surface area contributed by atoms with Crippen LogP contribution in [-0.4, -0.2) is 40.9 Å². The van der Waals surface area contributed by atoms with Crippen molar-refractivity contribution in [3.8, 4) is 0 Å². The molecule has 23 heavy (non-hydrogen) atoms. The number of methoxy groups -OCH3 is 1. The Balaban J connectivity index is 1.83. The van der Waals surface area contributed by atoms with Crippen LogP contribution in [0.4, 0.5) is 11.4 Å². The van der Waals surface area contributed by atoms with Crippen LogP contribution in [-0.2, 0) is 4.74 Å². The third-order valence-electron chi connectivity index (χ3n) is 4.10. The lowest BCUT2D eigenvalue weighted by molar-refractivity contribution is 0.0602. The summed E-state index contributed by atoms with van der Waals surface area (Å²) in [6, 6.07) is 2.06. The maximum atomic E-state index is 11.8. The number of aryl methyl sites for hydroxylation is 1. The number of carbonyl (C=O) groups is 1. The molecule has 0 aromatic carbocycles. The summed E-state index contributed by atoms with van der Waals surface area (Å²) < 4.78 is 6.83. The minimum absolute atomic E-state index is 0.390. The summed E-state index contributed by atoms with van der Waals surface area (Å²) in [6.45, 7) is 3.98. The number of anilines is 2. The minimum atomic E-state index is -0.390. The Kier molecular flexibility index (Phi) is 4.57. The molecule has 2 aromatic heterocycles. The summed E-state index contributed by atoms with van der Waals surface area (Å²) >= 11 is 0. The SMILES string of the molecule is COC(=O)c1ccncc1Nc1cn(C2CCNCC2)nc1C. The highest BCUT2D eigenvalue weighted by molar-refractivity contribution is 5.96. The number of hydrogen-bond donors (Lipinski definition) is 2. The van der Waals surface area contributed by atoms with Crippen molar-refractivity contribution in [3.63, 3.8) is 0 Å². The molecular weight excluding hydrogens is 294 g/mol. The predicted octanol–water partition coefficient (Wildman–Crippen LogP) is 2.04. The van der Waals surface area contributed by atoms with Crippen LogP contribution in [0, 0.1) is 6.92 Å². The monoisotopic (exact) mass is 315 g/mol. The topological polar surface area (TPSA) is 81.1 Å². The van der Waals surface area contributed by atoms with Crippen LogP contribution < -0.4 is 10.6 Å². The van der Waals surface area contributed by atoms with Gasteiger partial charge in [-0.25, -0.2) is 4.79 Å². The van der Waals surface area contributed by atoms with Gasteiger partial charge >= 0.3 is 5.97 Å². The third kappa shape index (κ3) is 3.34. The van der Waals surface area contributed by atoms with E-state index in [1.807, 2.05) is 17.8 Å². The summed E-state index contributed by atoms with van der Waals surface area (Å²) in [5.41, 5.74) is 2.84. The van der Waals surface area contributed by atoms with Crippen LogP contribution >= 0.6 is 0 Å². The predicted molar refractivity (Wildman–Crippen MR) is 87.0 cm³/mol. The number of nitrogens with one attached hydrogen (secondary N) is 2. The van der Waals surface area contributed by atoms with Crippen molar-refractivity contribution in [2.45, 2.75) is 25.8 Å². The Labute approximate surface area is 135 Å². The lowest BCUT2D eigenvalue weighted by atomic mass is 10.1. The van der Waals surface area contributed by atoms with Gasteiger partial charge in [-0.2, -0.15) is 5.10 Å². The summed E-state index contributed by atoms with van der Waals surface area (Å²) in [4.78, 5) is 15.9. The number of carbonyl (C=O) groups excluding carboxylic acids is 1. The maximum Gasteiger partial charge on any atom is 0.340 e. The zero-order chi connectivity index (χ0) is 16.2. The van der Waals surface area contributed by atoms with Gasteiger partial charge in [0.25, 0.3) is 0 Å². The molecule has 7 nitrogen and oxygen atoms in total. The van der Waals surface area contributed by atoms with Gasteiger partial charge in [0.2, 0.25) is 0 Å². The largest absolute Gasteiger partial charge is 0.465 e. The van der Waals surface area contributed by atoms with Gasteiger partial charge in [0, 0.05) is 12.4 Å². The molecule has 3 heterocycles. The molecule has 0 amide bonds. The lowest BCUT2D eigenvalue weighted by Crippen LogP contribution is -2.29. The molecule has 2 aromatic rings. The molecule has 122 valence electrons. The standard InChI is InChI=1S/C16H21N5O2/c1-11-15(10-21(20-11)12-3-6-17-7-4-12)19-14-9-18-8-5-13(14)16(22)23-2/h5,8-10,12,17,19H,3-4,6-7H2,1-2H3. The fourth-order valence-corrected chi connectivity index (χ4v) is 2.79. The fourth-order valence-electron chi connectivity index (χ4n) is 2.79. The highest BCUT2D eigenvalue weighted by Crippen LogP contribution is 2.26. The van der Waals surface area contributed by atoms with Gasteiger partial charge in [0.05, 0.1) is 42.0 Å². The lowest BCUT2D eigenvalue weighted by Gasteiger charge is -2.22. The molecule has 1 aliphatic heterocycles. The number of ether oxygens (including phenoxy) is 1. The van der Waals surface area contributed by atoms with Crippen molar-refractivity contribution in [2.24, 2.45) is 0 Å². The first-order chi connectivity index (χ1) is 11.2. The number of nitrogens with zero attached hydrogens (tertiary/aromatic N) is 3. The molecule has 1 fully saturated rings. The first-order valence-corrected chi connectivity index (χ1v) is 7.75. The number of piperidine rings is 1. The van der Waals surface area contributed by atoms with Crippen LogP contribution in [0.1, 0.15) is 34.9 Å². The van der Waals surface area contributed by atoms with Gasteiger partial charge in [-0.1, -0.05) is 0 Å². The molecule has 0 atom stereocenters. The molecule has 0 saturated carbocycles. The molecule has 3 rings (SSSR count). The molecule has 1 saturated heterocycles. The zero-order valence-electron chi connectivity index (χ0n) is 13.4. The molecular formula is C16H21N5O2. The maximum absolute atomic E-state index is 11.8. The highest BCUT2D eigenvalue weighted by Gasteiger charge is 2.18. The van der Waals surface area contributed by atoms with E-state index in [9.17, 15) is 4.79 Å². The number of hydrogen-bond acceptors (Lipinski definition) is 6. The number of pyridine rings is 1. The Morgan fingerprint density at radius 1 is 1.39 bits per heavy atom. The summed E-state index contributed by atoms with van der Waals surface area (Å²) in [7, 11) is 1.37. The normalized spacial score (nSPS) is 15.4. The highest BCUT2D eigenvalue weighted by atomic mass is 16.5. The first kappa shape index (κ1) is 15.5. The van der Waals surface area contributed by atoms with Crippen molar-refractivity contribution < 1.29 is 9.53 Å². The Morgan fingerprint density at radius 2 is 2.17 bits per heavy atom. The fraction of sp³-hybridized carbons (Fsp3) is 0.438. The van der Waals surface area contributed by atoms with E-state index >= 15 is 0 Å².